The SMILES string of the molecule is Cc1cn(C(C)C(C)(C)C)nc1N. The molecule has 0 amide bonds. The summed E-state index contributed by atoms with van der Waals surface area (Å²) >= 11 is 0. The fourth-order valence-electron chi connectivity index (χ4n) is 1.09. The van der Waals surface area contributed by atoms with Crippen molar-refractivity contribution in [2.75, 3.05) is 5.73 Å². The van der Waals surface area contributed by atoms with E-state index in [0.29, 0.717) is 11.9 Å². The number of aromatic nitrogens is 2. The molecule has 3 nitrogen and oxygen atoms in total. The van der Waals surface area contributed by atoms with Gasteiger partial charge in [-0.3, -0.25) is 4.68 Å². The Morgan fingerprint density at radius 3 is 2.31 bits per heavy atom. The first kappa shape index (κ1) is 10.1. The highest BCUT2D eigenvalue weighted by atomic mass is 15.3. The van der Waals surface area contributed by atoms with Gasteiger partial charge in [0, 0.05) is 11.8 Å². The zero-order valence-corrected chi connectivity index (χ0v) is 9.13. The van der Waals surface area contributed by atoms with Crippen LogP contribution < -0.4 is 5.73 Å². The first-order chi connectivity index (χ1) is 5.82. The summed E-state index contributed by atoms with van der Waals surface area (Å²) in [5, 5.41) is 4.27. The van der Waals surface area contributed by atoms with Crippen LogP contribution in [0.3, 0.4) is 0 Å². The van der Waals surface area contributed by atoms with Crippen LogP contribution in [0.25, 0.3) is 0 Å². The van der Waals surface area contributed by atoms with Crippen LogP contribution in [0.1, 0.15) is 39.3 Å². The van der Waals surface area contributed by atoms with E-state index in [-0.39, 0.29) is 5.41 Å². The highest BCUT2D eigenvalue weighted by Gasteiger charge is 2.22. The quantitative estimate of drug-likeness (QED) is 0.723. The number of hydrogen-bond donors (Lipinski definition) is 1. The lowest BCUT2D eigenvalue weighted by Crippen LogP contribution is -2.22. The van der Waals surface area contributed by atoms with Crippen molar-refractivity contribution in [2.24, 2.45) is 5.41 Å². The summed E-state index contributed by atoms with van der Waals surface area (Å²) in [7, 11) is 0. The predicted molar refractivity (Wildman–Crippen MR) is 55.5 cm³/mol. The summed E-state index contributed by atoms with van der Waals surface area (Å²) in [4.78, 5) is 0. The average molecular weight is 181 g/mol. The molecule has 74 valence electrons. The maximum absolute atomic E-state index is 5.69. The molecule has 13 heavy (non-hydrogen) atoms. The van der Waals surface area contributed by atoms with Crippen LogP contribution in [0.15, 0.2) is 6.20 Å². The molecule has 3 heteroatoms. The lowest BCUT2D eigenvalue weighted by Gasteiger charge is -2.27. The van der Waals surface area contributed by atoms with Gasteiger partial charge in [-0.25, -0.2) is 0 Å². The smallest absolute Gasteiger partial charge is 0.148 e. The Kier molecular flexibility index (Phi) is 2.37. The van der Waals surface area contributed by atoms with Crippen LogP contribution in [0.4, 0.5) is 5.82 Å². The topological polar surface area (TPSA) is 43.8 Å². The van der Waals surface area contributed by atoms with E-state index in [0.717, 1.165) is 5.56 Å². The van der Waals surface area contributed by atoms with Crippen LogP contribution in [-0.2, 0) is 0 Å². The molecule has 1 unspecified atom stereocenters. The summed E-state index contributed by atoms with van der Waals surface area (Å²) in [5.41, 5.74) is 6.95. The molecule has 0 aliphatic heterocycles. The third-order valence-corrected chi connectivity index (χ3v) is 2.60. The minimum Gasteiger partial charge on any atom is -0.382 e. The van der Waals surface area contributed by atoms with Crippen molar-refractivity contribution >= 4 is 5.82 Å². The van der Waals surface area contributed by atoms with Gasteiger partial charge in [0.2, 0.25) is 0 Å². The van der Waals surface area contributed by atoms with Crippen molar-refractivity contribution < 1.29 is 0 Å². The van der Waals surface area contributed by atoms with E-state index in [9.17, 15) is 0 Å². The molecular formula is C10H19N3. The van der Waals surface area contributed by atoms with Crippen LogP contribution >= 0.6 is 0 Å². The summed E-state index contributed by atoms with van der Waals surface area (Å²) in [5.74, 6) is 0.635. The Balaban J connectivity index is 2.96. The fourth-order valence-corrected chi connectivity index (χ4v) is 1.09. The molecule has 1 aromatic rings. The second-order valence-corrected chi connectivity index (χ2v) is 4.72. The molecule has 1 aromatic heterocycles. The van der Waals surface area contributed by atoms with E-state index in [2.05, 4.69) is 32.8 Å². The van der Waals surface area contributed by atoms with Gasteiger partial charge in [0.25, 0.3) is 0 Å². The molecule has 0 aliphatic rings. The highest BCUT2D eigenvalue weighted by molar-refractivity contribution is 5.35. The summed E-state index contributed by atoms with van der Waals surface area (Å²) < 4.78 is 1.95. The third-order valence-electron chi connectivity index (χ3n) is 2.60. The molecule has 0 aliphatic carbocycles. The lowest BCUT2D eigenvalue weighted by molar-refractivity contribution is 0.245. The second kappa shape index (κ2) is 3.05. The molecule has 0 bridgehead atoms. The van der Waals surface area contributed by atoms with Gasteiger partial charge in [-0.2, -0.15) is 5.10 Å². The van der Waals surface area contributed by atoms with E-state index >= 15 is 0 Å². The van der Waals surface area contributed by atoms with Crippen LogP contribution in [0, 0.1) is 12.3 Å². The number of nitrogens with zero attached hydrogens (tertiary/aromatic N) is 2. The summed E-state index contributed by atoms with van der Waals surface area (Å²) in [6.07, 6.45) is 2.01. The van der Waals surface area contributed by atoms with Gasteiger partial charge < -0.3 is 5.73 Å². The van der Waals surface area contributed by atoms with E-state index < -0.39 is 0 Å². The first-order valence-electron chi connectivity index (χ1n) is 4.63. The molecule has 0 radical (unpaired) electrons. The van der Waals surface area contributed by atoms with Crippen molar-refractivity contribution in [1.29, 1.82) is 0 Å². The summed E-state index contributed by atoms with van der Waals surface area (Å²) in [6.45, 7) is 10.7. The largest absolute Gasteiger partial charge is 0.382 e. The summed E-state index contributed by atoms with van der Waals surface area (Å²) in [6, 6.07) is 0.364. The molecule has 0 saturated heterocycles. The lowest BCUT2D eigenvalue weighted by atomic mass is 9.88. The monoisotopic (exact) mass is 181 g/mol. The Bertz CT molecular complexity index is 274. The Morgan fingerprint density at radius 1 is 1.46 bits per heavy atom. The van der Waals surface area contributed by atoms with Crippen LogP contribution in [-0.4, -0.2) is 9.78 Å². The minimum absolute atomic E-state index is 0.213. The standard InChI is InChI=1S/C10H19N3/c1-7-6-13(12-9(7)11)8(2)10(3,4)5/h6,8H,1-5H3,(H2,11,12). The number of aryl methyl sites for hydroxylation is 1. The molecule has 0 aromatic carbocycles. The van der Waals surface area contributed by atoms with E-state index in [1.165, 1.54) is 0 Å². The first-order valence-corrected chi connectivity index (χ1v) is 4.63. The van der Waals surface area contributed by atoms with Crippen molar-refractivity contribution in [3.8, 4) is 0 Å². The molecule has 2 N–H and O–H groups in total. The number of rotatable bonds is 1. The number of nitrogen functional groups attached to an aromatic ring is 1. The van der Waals surface area contributed by atoms with Gasteiger partial charge >= 0.3 is 0 Å². The van der Waals surface area contributed by atoms with E-state index in [4.69, 9.17) is 5.73 Å². The van der Waals surface area contributed by atoms with E-state index in [1.807, 2.05) is 17.8 Å². The van der Waals surface area contributed by atoms with Gasteiger partial charge in [0.1, 0.15) is 5.82 Å². The fraction of sp³-hybridized carbons (Fsp3) is 0.700. The Labute approximate surface area is 79.9 Å². The van der Waals surface area contributed by atoms with Crippen LogP contribution in [0.2, 0.25) is 0 Å². The Morgan fingerprint density at radius 2 is 2.00 bits per heavy atom. The van der Waals surface area contributed by atoms with Crippen molar-refractivity contribution in [3.63, 3.8) is 0 Å². The van der Waals surface area contributed by atoms with Gasteiger partial charge in [-0.15, -0.1) is 0 Å². The maximum atomic E-state index is 5.69. The molecule has 1 rings (SSSR count). The molecule has 0 saturated carbocycles. The second-order valence-electron chi connectivity index (χ2n) is 4.72. The zero-order chi connectivity index (χ0) is 10.2. The number of hydrogen-bond acceptors (Lipinski definition) is 2. The van der Waals surface area contributed by atoms with Gasteiger partial charge in [-0.1, -0.05) is 20.8 Å². The van der Waals surface area contributed by atoms with Gasteiger partial charge in [0.05, 0.1) is 6.04 Å². The van der Waals surface area contributed by atoms with Crippen LogP contribution in [0.5, 0.6) is 0 Å². The highest BCUT2D eigenvalue weighted by Crippen LogP contribution is 2.29. The maximum Gasteiger partial charge on any atom is 0.148 e. The number of anilines is 1. The average Bonchev–Trinajstić information content (AvgIpc) is 2.29. The van der Waals surface area contributed by atoms with Crippen molar-refractivity contribution in [2.45, 2.75) is 40.7 Å². The van der Waals surface area contributed by atoms with Gasteiger partial charge in [-0.05, 0) is 19.3 Å². The Hall–Kier alpha value is -0.990. The predicted octanol–water partition coefficient (Wildman–Crippen LogP) is 2.38. The van der Waals surface area contributed by atoms with E-state index in [1.54, 1.807) is 0 Å². The zero-order valence-electron chi connectivity index (χ0n) is 9.13. The molecule has 1 heterocycles. The minimum atomic E-state index is 0.213. The number of nitrogens with two attached hydrogens (primary N) is 1. The molecule has 0 fully saturated rings. The van der Waals surface area contributed by atoms with Crippen molar-refractivity contribution in [3.05, 3.63) is 11.8 Å². The van der Waals surface area contributed by atoms with Gasteiger partial charge in [0.15, 0.2) is 0 Å². The normalized spacial score (nSPS) is 14.5. The van der Waals surface area contributed by atoms with Crippen molar-refractivity contribution in [1.82, 2.24) is 9.78 Å². The molecule has 1 atom stereocenters. The molecule has 0 spiro atoms. The third kappa shape index (κ3) is 2.02. The molecular weight excluding hydrogens is 162 g/mol.